The number of imide groups is 1. The number of aromatic hydroxyl groups is 1. The minimum atomic E-state index is -1.04. The van der Waals surface area contributed by atoms with Crippen LogP contribution >= 0.6 is 24.4 Å². The van der Waals surface area contributed by atoms with Crippen molar-refractivity contribution in [1.29, 1.82) is 0 Å². The van der Waals surface area contributed by atoms with Crippen LogP contribution in [-0.2, 0) is 24.0 Å². The predicted octanol–water partition coefficient (Wildman–Crippen LogP) is 5.49. The maximum Gasteiger partial charge on any atom is 0.336 e. The molecule has 12 nitrogen and oxygen atoms in total. The van der Waals surface area contributed by atoms with Gasteiger partial charge in [-0.25, -0.2) is 9.59 Å². The number of hydrogen-bond acceptors (Lipinski definition) is 11. The number of carboxylic acid groups (broad SMARTS) is 1. The standard InChI is InChI=1S/C20H12O5.C12H18N2O5.2CH2S/c21-11-5-7-15-17(9-11)25-18-10-12(22)6-8-16(18)19(15)13-3-1-2-4-14(13)20(23)24;1-9(15)13-8-4-2-3-5-12(18)19-14-10(16)6-7-11(14)17;2*1-2/h1-10,21H,(H,23,24);2-8H2,1H3,(H,13,15);2*1H2. The molecule has 3 N–H and O–H groups in total. The van der Waals surface area contributed by atoms with Crippen LogP contribution < -0.4 is 10.7 Å². The molecule has 3 amide bonds. The lowest BCUT2D eigenvalue weighted by atomic mass is 9.91. The number of thiocarbonyl (C=S) groups is 2. The number of hydroxylamine groups is 2. The molecule has 1 fully saturated rings. The molecular weight excluding hydrogens is 661 g/mol. The van der Waals surface area contributed by atoms with Gasteiger partial charge < -0.3 is 24.8 Å². The van der Waals surface area contributed by atoms with E-state index in [1.807, 2.05) is 0 Å². The largest absolute Gasteiger partial charge is 0.508 e. The van der Waals surface area contributed by atoms with Gasteiger partial charge in [0.2, 0.25) is 5.91 Å². The van der Waals surface area contributed by atoms with Crippen molar-refractivity contribution >= 4 is 76.8 Å². The summed E-state index contributed by atoms with van der Waals surface area (Å²) in [6, 6.07) is 15.7. The summed E-state index contributed by atoms with van der Waals surface area (Å²) in [7, 11) is 0. The van der Waals surface area contributed by atoms with Crippen LogP contribution in [0.25, 0.3) is 33.4 Å². The summed E-state index contributed by atoms with van der Waals surface area (Å²) < 4.78 is 5.76. The second-order valence-corrected chi connectivity index (χ2v) is 10.0. The molecule has 0 spiro atoms. The third-order valence-corrected chi connectivity index (χ3v) is 6.73. The highest BCUT2D eigenvalue weighted by molar-refractivity contribution is 7.77. The number of nitrogens with one attached hydrogen (secondary N) is 1. The van der Waals surface area contributed by atoms with Crippen LogP contribution in [0.3, 0.4) is 0 Å². The van der Waals surface area contributed by atoms with Gasteiger partial charge in [0.05, 0.1) is 5.56 Å². The van der Waals surface area contributed by atoms with Gasteiger partial charge >= 0.3 is 11.9 Å². The molecule has 0 bridgehead atoms. The molecule has 0 radical (unpaired) electrons. The Hall–Kier alpha value is -5.34. The number of carbonyl (C=O) groups is 5. The zero-order valence-electron chi connectivity index (χ0n) is 26.1. The Balaban J connectivity index is 0.000000313. The average molecular weight is 695 g/mol. The molecular formula is C34H34N2O10S2. The fraction of sp³-hybridized carbons (Fsp3) is 0.235. The number of hydrogen-bond donors (Lipinski definition) is 3. The summed E-state index contributed by atoms with van der Waals surface area (Å²) >= 11 is 7.67. The minimum Gasteiger partial charge on any atom is -0.508 e. The van der Waals surface area contributed by atoms with Gasteiger partial charge in [0.1, 0.15) is 17.1 Å². The Bertz CT molecular complexity index is 1790. The number of carbonyl (C=O) groups excluding carboxylic acids is 4. The molecule has 0 unspecified atom stereocenters. The maximum atomic E-state index is 11.7. The molecule has 1 saturated heterocycles. The summed E-state index contributed by atoms with van der Waals surface area (Å²) in [5.74, 6) is 3.38. The van der Waals surface area contributed by atoms with E-state index in [4.69, 9.17) is 9.25 Å². The number of rotatable bonds is 9. The Morgan fingerprint density at radius 1 is 0.896 bits per heavy atom. The van der Waals surface area contributed by atoms with E-state index in [2.05, 4.69) is 41.5 Å². The molecule has 2 aliphatic heterocycles. The fourth-order valence-electron chi connectivity index (χ4n) is 4.68. The molecule has 252 valence electrons. The highest BCUT2D eigenvalue weighted by atomic mass is 32.1. The Kier molecular flexibility index (Phi) is 15.7. The molecule has 5 rings (SSSR count). The van der Waals surface area contributed by atoms with Gasteiger partial charge in [-0.3, -0.25) is 19.2 Å². The molecule has 0 aromatic heterocycles. The second-order valence-electron chi connectivity index (χ2n) is 10.0. The summed E-state index contributed by atoms with van der Waals surface area (Å²) in [6.07, 6.45) is 2.48. The highest BCUT2D eigenvalue weighted by Gasteiger charge is 2.32. The minimum absolute atomic E-state index is 0.0198. The summed E-state index contributed by atoms with van der Waals surface area (Å²) in [4.78, 5) is 72.4. The molecule has 0 saturated carbocycles. The van der Waals surface area contributed by atoms with Crippen LogP contribution in [0.15, 0.2) is 69.9 Å². The number of amides is 3. The zero-order valence-corrected chi connectivity index (χ0v) is 27.7. The van der Waals surface area contributed by atoms with Gasteiger partial charge in [0, 0.05) is 61.4 Å². The molecule has 2 heterocycles. The lowest BCUT2D eigenvalue weighted by Gasteiger charge is -2.16. The summed E-state index contributed by atoms with van der Waals surface area (Å²) in [6.45, 7) is 2.02. The van der Waals surface area contributed by atoms with Crippen molar-refractivity contribution in [3.63, 3.8) is 0 Å². The summed E-state index contributed by atoms with van der Waals surface area (Å²) in [5, 5.41) is 23.1. The topological polar surface area (TPSA) is 181 Å². The smallest absolute Gasteiger partial charge is 0.336 e. The number of phenols is 1. The SMILES string of the molecule is C=S.C=S.CC(=O)NCCCCCC(=O)ON1C(=O)CCC1=O.O=C(O)c1ccccc1-c1c2ccc(=O)cc-2oc2cc(O)ccc12. The van der Waals surface area contributed by atoms with E-state index in [1.165, 1.54) is 37.3 Å². The second kappa shape index (κ2) is 19.4. The summed E-state index contributed by atoms with van der Waals surface area (Å²) in [5.41, 5.74) is 2.10. The van der Waals surface area contributed by atoms with Crippen LogP contribution in [0.4, 0.5) is 0 Å². The number of fused-ring (bicyclic) bond motifs is 2. The Morgan fingerprint density at radius 2 is 1.56 bits per heavy atom. The van der Waals surface area contributed by atoms with Crippen molar-refractivity contribution in [1.82, 2.24) is 10.4 Å². The van der Waals surface area contributed by atoms with Crippen molar-refractivity contribution in [3.8, 4) is 28.2 Å². The van der Waals surface area contributed by atoms with E-state index in [1.54, 1.807) is 30.3 Å². The first-order valence-corrected chi connectivity index (χ1v) is 15.6. The number of benzene rings is 3. The van der Waals surface area contributed by atoms with Gasteiger partial charge in [0.25, 0.3) is 11.8 Å². The van der Waals surface area contributed by atoms with Crippen LogP contribution in [-0.4, -0.2) is 63.2 Å². The number of aromatic carboxylic acids is 1. The van der Waals surface area contributed by atoms with E-state index < -0.39 is 23.8 Å². The highest BCUT2D eigenvalue weighted by Crippen LogP contribution is 2.41. The van der Waals surface area contributed by atoms with Crippen LogP contribution in [0.1, 0.15) is 55.8 Å². The van der Waals surface area contributed by atoms with E-state index in [-0.39, 0.29) is 41.9 Å². The van der Waals surface area contributed by atoms with E-state index in [9.17, 15) is 39.0 Å². The van der Waals surface area contributed by atoms with Gasteiger partial charge in [-0.2, -0.15) is 0 Å². The number of unbranched alkanes of at least 4 members (excludes halogenated alkanes) is 2. The predicted molar refractivity (Wildman–Crippen MR) is 187 cm³/mol. The van der Waals surface area contributed by atoms with E-state index in [0.717, 1.165) is 12.8 Å². The third-order valence-electron chi connectivity index (χ3n) is 6.73. The lowest BCUT2D eigenvalue weighted by molar-refractivity contribution is -0.197. The van der Waals surface area contributed by atoms with Gasteiger partial charge in [-0.15, -0.1) is 5.06 Å². The third kappa shape index (κ3) is 10.6. The average Bonchev–Trinajstić information content (AvgIpc) is 3.39. The zero-order chi connectivity index (χ0) is 35.8. The first-order chi connectivity index (χ1) is 23.0. The first-order valence-electron chi connectivity index (χ1n) is 14.5. The van der Waals surface area contributed by atoms with E-state index >= 15 is 0 Å². The van der Waals surface area contributed by atoms with Crippen molar-refractivity contribution in [3.05, 3.63) is 76.5 Å². The maximum absolute atomic E-state index is 11.7. The number of phenolic OH excluding ortho intramolecular Hbond substituents is 1. The van der Waals surface area contributed by atoms with Crippen molar-refractivity contribution in [2.75, 3.05) is 6.54 Å². The van der Waals surface area contributed by atoms with E-state index in [0.29, 0.717) is 51.4 Å². The monoisotopic (exact) mass is 694 g/mol. The Morgan fingerprint density at radius 3 is 2.21 bits per heavy atom. The van der Waals surface area contributed by atoms with Crippen molar-refractivity contribution in [2.45, 2.75) is 45.4 Å². The van der Waals surface area contributed by atoms with Gasteiger partial charge in [0.15, 0.2) is 5.43 Å². The molecule has 48 heavy (non-hydrogen) atoms. The number of nitrogens with zero attached hydrogens (tertiary/aromatic N) is 1. The molecule has 0 atom stereocenters. The fourth-order valence-corrected chi connectivity index (χ4v) is 4.68. The molecule has 2 aromatic carbocycles. The van der Waals surface area contributed by atoms with Crippen LogP contribution in [0.5, 0.6) is 5.75 Å². The molecule has 1 aliphatic carbocycles. The molecule has 2 aromatic rings. The van der Waals surface area contributed by atoms with Crippen molar-refractivity contribution < 1.29 is 43.4 Å². The van der Waals surface area contributed by atoms with Crippen LogP contribution in [0, 0.1) is 0 Å². The Labute approximate surface area is 286 Å². The molecule has 14 heteroatoms. The quantitative estimate of drug-likeness (QED) is 0.0869. The lowest BCUT2D eigenvalue weighted by Crippen LogP contribution is -2.31. The number of carboxylic acids is 1. The van der Waals surface area contributed by atoms with Crippen LogP contribution in [0.2, 0.25) is 0 Å². The van der Waals surface area contributed by atoms with Gasteiger partial charge in [-0.1, -0.05) is 49.1 Å². The van der Waals surface area contributed by atoms with Gasteiger partial charge in [-0.05, 0) is 60.5 Å². The normalized spacial score (nSPS) is 11.7. The molecule has 3 aliphatic rings. The van der Waals surface area contributed by atoms with Crippen molar-refractivity contribution in [2.24, 2.45) is 0 Å². The first kappa shape index (κ1) is 38.8.